The van der Waals surface area contributed by atoms with Crippen LogP contribution in [0.3, 0.4) is 0 Å². The van der Waals surface area contributed by atoms with Crippen molar-refractivity contribution in [1.29, 1.82) is 0 Å². The van der Waals surface area contributed by atoms with Gasteiger partial charge in [0.25, 0.3) is 0 Å². The zero-order chi connectivity index (χ0) is 15.2. The molecule has 2 aromatic rings. The van der Waals surface area contributed by atoms with E-state index in [9.17, 15) is 0 Å². The third-order valence-corrected chi connectivity index (χ3v) is 2.95. The van der Waals surface area contributed by atoms with E-state index in [1.165, 1.54) is 0 Å². The second-order valence-corrected chi connectivity index (χ2v) is 4.92. The van der Waals surface area contributed by atoms with Crippen molar-refractivity contribution < 1.29 is 4.74 Å². The molecule has 0 fully saturated rings. The van der Waals surface area contributed by atoms with Gasteiger partial charge in [-0.15, -0.1) is 0 Å². The standard InChI is InChI=1S/C13H15Cl2N5O/c1-3-6-16-12-18-11(15)19-13(20-12)17-9-7-8(14)4-5-10(9)21-2/h4-5,7H,3,6H2,1-2H3,(H2,16,17,18,19,20). The van der Waals surface area contributed by atoms with Crippen LogP contribution in [0.4, 0.5) is 17.6 Å². The molecule has 0 aliphatic heterocycles. The average molecular weight is 328 g/mol. The molecule has 1 aromatic heterocycles. The number of aromatic nitrogens is 3. The van der Waals surface area contributed by atoms with E-state index < -0.39 is 0 Å². The lowest BCUT2D eigenvalue weighted by atomic mass is 10.3. The number of nitrogens with zero attached hydrogens (tertiary/aromatic N) is 3. The lowest BCUT2D eigenvalue weighted by Crippen LogP contribution is -2.08. The Morgan fingerprint density at radius 2 is 1.90 bits per heavy atom. The highest BCUT2D eigenvalue weighted by molar-refractivity contribution is 6.31. The normalized spacial score (nSPS) is 10.3. The van der Waals surface area contributed by atoms with Crippen molar-refractivity contribution in [3.8, 4) is 5.75 Å². The number of anilines is 3. The first-order valence-electron chi connectivity index (χ1n) is 6.38. The Balaban J connectivity index is 2.26. The zero-order valence-electron chi connectivity index (χ0n) is 11.7. The average Bonchev–Trinajstić information content (AvgIpc) is 2.45. The van der Waals surface area contributed by atoms with E-state index in [1.807, 2.05) is 6.92 Å². The van der Waals surface area contributed by atoms with Gasteiger partial charge in [0.1, 0.15) is 5.75 Å². The molecular formula is C13H15Cl2N5O. The molecule has 0 aliphatic carbocycles. The van der Waals surface area contributed by atoms with Crippen molar-refractivity contribution in [1.82, 2.24) is 15.0 Å². The summed E-state index contributed by atoms with van der Waals surface area (Å²) in [5, 5.41) is 6.76. The number of methoxy groups -OCH3 is 1. The molecule has 112 valence electrons. The molecule has 2 rings (SSSR count). The molecule has 0 amide bonds. The number of halogens is 2. The fourth-order valence-corrected chi connectivity index (χ4v) is 1.95. The summed E-state index contributed by atoms with van der Waals surface area (Å²) in [6.45, 7) is 2.80. The number of hydrogen-bond acceptors (Lipinski definition) is 6. The number of benzene rings is 1. The van der Waals surface area contributed by atoms with Gasteiger partial charge in [0.05, 0.1) is 12.8 Å². The van der Waals surface area contributed by atoms with Crippen LogP contribution in [-0.2, 0) is 0 Å². The predicted molar refractivity (Wildman–Crippen MR) is 84.9 cm³/mol. The highest BCUT2D eigenvalue weighted by Crippen LogP contribution is 2.29. The highest BCUT2D eigenvalue weighted by atomic mass is 35.5. The third-order valence-electron chi connectivity index (χ3n) is 2.55. The second-order valence-electron chi connectivity index (χ2n) is 4.15. The van der Waals surface area contributed by atoms with Crippen LogP contribution in [0.15, 0.2) is 18.2 Å². The molecule has 0 saturated heterocycles. The van der Waals surface area contributed by atoms with E-state index in [0.29, 0.717) is 28.4 Å². The van der Waals surface area contributed by atoms with Crippen LogP contribution in [0.2, 0.25) is 10.3 Å². The summed E-state index contributed by atoms with van der Waals surface area (Å²) < 4.78 is 5.26. The van der Waals surface area contributed by atoms with Crippen molar-refractivity contribution in [3.63, 3.8) is 0 Å². The Bertz CT molecular complexity index is 624. The summed E-state index contributed by atoms with van der Waals surface area (Å²) in [5.74, 6) is 1.36. The Morgan fingerprint density at radius 3 is 2.62 bits per heavy atom. The van der Waals surface area contributed by atoms with Crippen molar-refractivity contribution in [3.05, 3.63) is 28.5 Å². The molecule has 6 nitrogen and oxygen atoms in total. The molecule has 0 saturated carbocycles. The van der Waals surface area contributed by atoms with Gasteiger partial charge in [0.2, 0.25) is 17.2 Å². The summed E-state index contributed by atoms with van der Waals surface area (Å²) in [6, 6.07) is 5.21. The van der Waals surface area contributed by atoms with E-state index in [4.69, 9.17) is 27.9 Å². The zero-order valence-corrected chi connectivity index (χ0v) is 13.2. The largest absolute Gasteiger partial charge is 0.495 e. The van der Waals surface area contributed by atoms with Crippen LogP contribution < -0.4 is 15.4 Å². The van der Waals surface area contributed by atoms with E-state index in [0.717, 1.165) is 13.0 Å². The second kappa shape index (κ2) is 7.28. The van der Waals surface area contributed by atoms with Crippen LogP contribution in [0.1, 0.15) is 13.3 Å². The van der Waals surface area contributed by atoms with Crippen molar-refractivity contribution in [2.45, 2.75) is 13.3 Å². The maximum absolute atomic E-state index is 5.98. The van der Waals surface area contributed by atoms with Gasteiger partial charge in [0, 0.05) is 11.6 Å². The fourth-order valence-electron chi connectivity index (χ4n) is 1.62. The maximum Gasteiger partial charge on any atom is 0.233 e. The Kier molecular flexibility index (Phi) is 5.41. The quantitative estimate of drug-likeness (QED) is 0.841. The molecule has 8 heteroatoms. The summed E-state index contributed by atoms with van der Waals surface area (Å²) in [5.41, 5.74) is 0.647. The monoisotopic (exact) mass is 327 g/mol. The minimum atomic E-state index is 0.104. The molecule has 1 aromatic carbocycles. The first-order valence-corrected chi connectivity index (χ1v) is 7.14. The van der Waals surface area contributed by atoms with Crippen molar-refractivity contribution in [2.75, 3.05) is 24.3 Å². The van der Waals surface area contributed by atoms with Crippen LogP contribution in [-0.4, -0.2) is 28.6 Å². The number of hydrogen-bond donors (Lipinski definition) is 2. The molecule has 0 spiro atoms. The number of ether oxygens (including phenoxy) is 1. The fraction of sp³-hybridized carbons (Fsp3) is 0.308. The van der Waals surface area contributed by atoms with Gasteiger partial charge >= 0.3 is 0 Å². The lowest BCUT2D eigenvalue weighted by molar-refractivity contribution is 0.417. The highest BCUT2D eigenvalue weighted by Gasteiger charge is 2.09. The molecule has 0 bridgehead atoms. The minimum Gasteiger partial charge on any atom is -0.495 e. The molecule has 0 atom stereocenters. The topological polar surface area (TPSA) is 72.0 Å². The Hall–Kier alpha value is -1.79. The first kappa shape index (κ1) is 15.6. The van der Waals surface area contributed by atoms with E-state index in [2.05, 4.69) is 25.6 Å². The van der Waals surface area contributed by atoms with E-state index in [1.54, 1.807) is 25.3 Å². The Morgan fingerprint density at radius 1 is 1.14 bits per heavy atom. The van der Waals surface area contributed by atoms with Crippen LogP contribution >= 0.6 is 23.2 Å². The Labute approximate surface area is 132 Å². The SMILES string of the molecule is CCCNc1nc(Cl)nc(Nc2cc(Cl)ccc2OC)n1. The summed E-state index contributed by atoms with van der Waals surface area (Å²) in [7, 11) is 1.57. The molecule has 0 aliphatic rings. The van der Waals surface area contributed by atoms with Gasteiger partial charge in [-0.1, -0.05) is 18.5 Å². The van der Waals surface area contributed by atoms with E-state index in [-0.39, 0.29) is 5.28 Å². The summed E-state index contributed by atoms with van der Waals surface area (Å²) in [6.07, 6.45) is 0.953. The van der Waals surface area contributed by atoms with Gasteiger partial charge in [-0.2, -0.15) is 15.0 Å². The van der Waals surface area contributed by atoms with Gasteiger partial charge in [0.15, 0.2) is 0 Å². The maximum atomic E-state index is 5.98. The number of rotatable bonds is 6. The van der Waals surface area contributed by atoms with Gasteiger partial charge < -0.3 is 15.4 Å². The minimum absolute atomic E-state index is 0.104. The molecular weight excluding hydrogens is 313 g/mol. The van der Waals surface area contributed by atoms with Gasteiger partial charge in [-0.05, 0) is 36.2 Å². The molecule has 0 unspecified atom stereocenters. The summed E-state index contributed by atoms with van der Waals surface area (Å²) in [4.78, 5) is 12.3. The van der Waals surface area contributed by atoms with Gasteiger partial charge in [-0.3, -0.25) is 0 Å². The molecule has 2 N–H and O–H groups in total. The predicted octanol–water partition coefficient (Wildman–Crippen LogP) is 3.75. The van der Waals surface area contributed by atoms with E-state index >= 15 is 0 Å². The van der Waals surface area contributed by atoms with Crippen LogP contribution in [0, 0.1) is 0 Å². The van der Waals surface area contributed by atoms with Gasteiger partial charge in [-0.25, -0.2) is 0 Å². The summed E-state index contributed by atoms with van der Waals surface area (Å²) >= 11 is 11.9. The molecule has 21 heavy (non-hydrogen) atoms. The molecule has 1 heterocycles. The first-order chi connectivity index (χ1) is 10.1. The van der Waals surface area contributed by atoms with Crippen molar-refractivity contribution in [2.24, 2.45) is 0 Å². The van der Waals surface area contributed by atoms with Crippen molar-refractivity contribution >= 4 is 40.8 Å². The lowest BCUT2D eigenvalue weighted by Gasteiger charge is -2.11. The smallest absolute Gasteiger partial charge is 0.233 e. The number of nitrogens with one attached hydrogen (secondary N) is 2. The third kappa shape index (κ3) is 4.34. The van der Waals surface area contributed by atoms with Crippen LogP contribution in [0.5, 0.6) is 5.75 Å². The van der Waals surface area contributed by atoms with Crippen LogP contribution in [0.25, 0.3) is 0 Å². The molecule has 0 radical (unpaired) electrons.